The van der Waals surface area contributed by atoms with Gasteiger partial charge in [0, 0.05) is 12.6 Å². The Morgan fingerprint density at radius 3 is 2.23 bits per heavy atom. The van der Waals surface area contributed by atoms with Gasteiger partial charge in [-0.2, -0.15) is 10.1 Å². The van der Waals surface area contributed by atoms with Crippen LogP contribution in [0.5, 0.6) is 0 Å². The van der Waals surface area contributed by atoms with E-state index in [2.05, 4.69) is 10.1 Å². The van der Waals surface area contributed by atoms with Crippen LogP contribution in [0.25, 0.3) is 10.2 Å². The standard InChI is InChI=1S/C30H26N4O3S2/c1-21-9-12-23(13-10-21)20-31-34(30-32-27-18-11-22(2)19-28(27)38-30)29(35)24-14-16-26(17-15-24)39(36,37)33(3)25-7-5-4-6-8-25/h4-20H,1-3H3/b31-20+. The molecule has 0 aliphatic rings. The molecule has 0 fully saturated rings. The van der Waals surface area contributed by atoms with Crippen molar-refractivity contribution >= 4 is 54.5 Å². The molecule has 0 N–H and O–H groups in total. The van der Waals surface area contributed by atoms with Crippen LogP contribution in [-0.4, -0.2) is 32.6 Å². The van der Waals surface area contributed by atoms with Crippen LogP contribution in [0.1, 0.15) is 27.0 Å². The smallest absolute Gasteiger partial charge is 0.269 e. The van der Waals surface area contributed by atoms with E-state index in [1.54, 1.807) is 30.5 Å². The highest BCUT2D eigenvalue weighted by Gasteiger charge is 2.24. The third-order valence-electron chi connectivity index (χ3n) is 6.19. The third kappa shape index (κ3) is 5.59. The van der Waals surface area contributed by atoms with Crippen LogP contribution < -0.4 is 9.31 Å². The number of para-hydroxylation sites is 1. The number of aromatic nitrogens is 1. The minimum atomic E-state index is -3.81. The number of thiazole rings is 1. The van der Waals surface area contributed by atoms with Crippen LogP contribution in [0.3, 0.4) is 0 Å². The number of hydrazone groups is 1. The molecule has 0 spiro atoms. The van der Waals surface area contributed by atoms with Crippen molar-refractivity contribution in [3.8, 4) is 0 Å². The second-order valence-corrected chi connectivity index (χ2v) is 12.1. The van der Waals surface area contributed by atoms with Crippen molar-refractivity contribution in [2.75, 3.05) is 16.4 Å². The van der Waals surface area contributed by atoms with Crippen molar-refractivity contribution in [2.45, 2.75) is 18.7 Å². The zero-order chi connectivity index (χ0) is 27.6. The molecule has 1 heterocycles. The summed E-state index contributed by atoms with van der Waals surface area (Å²) in [6.07, 6.45) is 1.61. The first kappa shape index (κ1) is 26.3. The van der Waals surface area contributed by atoms with Crippen molar-refractivity contribution in [3.05, 3.63) is 119 Å². The SMILES string of the molecule is Cc1ccc(/C=N/N(C(=O)c2ccc(S(=O)(=O)N(C)c3ccccc3)cc2)c2nc3ccc(C)cc3s2)cc1. The van der Waals surface area contributed by atoms with Crippen molar-refractivity contribution in [1.82, 2.24) is 4.98 Å². The van der Waals surface area contributed by atoms with Gasteiger partial charge in [0.2, 0.25) is 5.13 Å². The number of benzene rings is 4. The molecular weight excluding hydrogens is 528 g/mol. The lowest BCUT2D eigenvalue weighted by Gasteiger charge is -2.19. The fraction of sp³-hybridized carbons (Fsp3) is 0.100. The number of aryl methyl sites for hydroxylation is 2. The Hall–Kier alpha value is -4.34. The van der Waals surface area contributed by atoms with Gasteiger partial charge >= 0.3 is 0 Å². The van der Waals surface area contributed by atoms with Crippen molar-refractivity contribution in [1.29, 1.82) is 0 Å². The fourth-order valence-electron chi connectivity index (χ4n) is 3.90. The van der Waals surface area contributed by atoms with E-state index in [-0.39, 0.29) is 10.5 Å². The topological polar surface area (TPSA) is 82.9 Å². The minimum absolute atomic E-state index is 0.0792. The summed E-state index contributed by atoms with van der Waals surface area (Å²) in [5.41, 5.74) is 4.65. The largest absolute Gasteiger partial charge is 0.280 e. The summed E-state index contributed by atoms with van der Waals surface area (Å²) in [6, 6.07) is 28.4. The van der Waals surface area contributed by atoms with E-state index >= 15 is 0 Å². The fourth-order valence-corrected chi connectivity index (χ4v) is 6.12. The molecule has 196 valence electrons. The lowest BCUT2D eigenvalue weighted by molar-refractivity contribution is 0.0987. The molecule has 39 heavy (non-hydrogen) atoms. The summed E-state index contributed by atoms with van der Waals surface area (Å²) >= 11 is 1.37. The van der Waals surface area contributed by atoms with Gasteiger partial charge in [-0.05, 0) is 73.5 Å². The number of anilines is 2. The third-order valence-corrected chi connectivity index (χ3v) is 8.98. The predicted octanol–water partition coefficient (Wildman–Crippen LogP) is 6.42. The lowest BCUT2D eigenvalue weighted by atomic mass is 10.2. The van der Waals surface area contributed by atoms with Gasteiger partial charge in [-0.15, -0.1) is 0 Å². The summed E-state index contributed by atoms with van der Waals surface area (Å²) < 4.78 is 28.5. The average Bonchev–Trinajstić information content (AvgIpc) is 3.37. The highest BCUT2D eigenvalue weighted by Crippen LogP contribution is 2.31. The number of carbonyl (C=O) groups excluding carboxylic acids is 1. The van der Waals surface area contributed by atoms with Crippen molar-refractivity contribution in [3.63, 3.8) is 0 Å². The maximum absolute atomic E-state index is 13.7. The molecule has 0 unspecified atom stereocenters. The molecule has 5 aromatic rings. The molecule has 7 nitrogen and oxygen atoms in total. The molecule has 0 radical (unpaired) electrons. The molecule has 9 heteroatoms. The number of amides is 1. The zero-order valence-corrected chi connectivity index (χ0v) is 23.3. The minimum Gasteiger partial charge on any atom is -0.269 e. The first-order chi connectivity index (χ1) is 18.7. The summed E-state index contributed by atoms with van der Waals surface area (Å²) in [4.78, 5) is 18.4. The Bertz CT molecular complexity index is 1760. The van der Waals surface area contributed by atoms with E-state index in [0.29, 0.717) is 10.8 Å². The summed E-state index contributed by atoms with van der Waals surface area (Å²) in [5, 5.41) is 6.19. The molecule has 0 atom stereocenters. The summed E-state index contributed by atoms with van der Waals surface area (Å²) in [5.74, 6) is -0.422. The zero-order valence-electron chi connectivity index (χ0n) is 21.6. The highest BCUT2D eigenvalue weighted by molar-refractivity contribution is 7.92. The molecule has 4 aromatic carbocycles. The van der Waals surface area contributed by atoms with Crippen molar-refractivity contribution in [2.24, 2.45) is 5.10 Å². The molecule has 0 bridgehead atoms. The van der Waals surface area contributed by atoms with Gasteiger partial charge in [-0.3, -0.25) is 9.10 Å². The number of carbonyl (C=O) groups is 1. The van der Waals surface area contributed by atoms with Gasteiger partial charge in [0.05, 0.1) is 27.0 Å². The number of hydrogen-bond acceptors (Lipinski definition) is 6. The van der Waals surface area contributed by atoms with E-state index in [9.17, 15) is 13.2 Å². The van der Waals surface area contributed by atoms with Crippen LogP contribution in [0.4, 0.5) is 10.8 Å². The molecule has 0 aliphatic heterocycles. The van der Waals surface area contributed by atoms with Gasteiger partial charge in [-0.25, -0.2) is 13.4 Å². The van der Waals surface area contributed by atoms with Crippen molar-refractivity contribution < 1.29 is 13.2 Å². The number of sulfonamides is 1. The van der Waals surface area contributed by atoms with E-state index in [1.807, 2.05) is 62.4 Å². The van der Waals surface area contributed by atoms with E-state index in [0.717, 1.165) is 26.9 Å². The Morgan fingerprint density at radius 1 is 0.872 bits per heavy atom. The molecular formula is C30H26N4O3S2. The first-order valence-corrected chi connectivity index (χ1v) is 14.4. The maximum atomic E-state index is 13.7. The Balaban J connectivity index is 1.48. The Morgan fingerprint density at radius 2 is 1.54 bits per heavy atom. The van der Waals surface area contributed by atoms with Gasteiger partial charge in [0.1, 0.15) is 0 Å². The molecule has 1 amide bonds. The van der Waals surface area contributed by atoms with Gasteiger partial charge in [-0.1, -0.05) is 65.4 Å². The number of hydrogen-bond donors (Lipinski definition) is 0. The number of fused-ring (bicyclic) bond motifs is 1. The van der Waals surface area contributed by atoms with Crippen LogP contribution in [0, 0.1) is 13.8 Å². The molecule has 0 saturated heterocycles. The number of rotatable bonds is 7. The van der Waals surface area contributed by atoms with Crippen LogP contribution in [0.15, 0.2) is 107 Å². The lowest BCUT2D eigenvalue weighted by Crippen LogP contribution is -2.27. The molecule has 1 aromatic heterocycles. The van der Waals surface area contributed by atoms with Gasteiger partial charge in [0.15, 0.2) is 0 Å². The molecule has 0 aliphatic carbocycles. The van der Waals surface area contributed by atoms with E-state index < -0.39 is 15.9 Å². The quantitative estimate of drug-likeness (QED) is 0.172. The van der Waals surface area contributed by atoms with Crippen LogP contribution in [0.2, 0.25) is 0 Å². The molecule has 5 rings (SSSR count). The summed E-state index contributed by atoms with van der Waals surface area (Å²) in [7, 11) is -2.31. The van der Waals surface area contributed by atoms with Crippen LogP contribution >= 0.6 is 11.3 Å². The monoisotopic (exact) mass is 554 g/mol. The normalized spacial score (nSPS) is 11.7. The highest BCUT2D eigenvalue weighted by atomic mass is 32.2. The first-order valence-electron chi connectivity index (χ1n) is 12.2. The summed E-state index contributed by atoms with van der Waals surface area (Å²) in [6.45, 7) is 4.00. The van der Waals surface area contributed by atoms with Gasteiger partial charge < -0.3 is 0 Å². The second-order valence-electron chi connectivity index (χ2n) is 9.07. The Labute approximate surface area is 231 Å². The predicted molar refractivity (Wildman–Crippen MR) is 158 cm³/mol. The molecule has 0 saturated carbocycles. The number of nitrogens with zero attached hydrogens (tertiary/aromatic N) is 4. The van der Waals surface area contributed by atoms with E-state index in [4.69, 9.17) is 0 Å². The Kier molecular flexibility index (Phi) is 7.28. The van der Waals surface area contributed by atoms with Crippen LogP contribution in [-0.2, 0) is 10.0 Å². The van der Waals surface area contributed by atoms with Gasteiger partial charge in [0.25, 0.3) is 15.9 Å². The maximum Gasteiger partial charge on any atom is 0.280 e. The second kappa shape index (κ2) is 10.8. The van der Waals surface area contributed by atoms with E-state index in [1.165, 1.54) is 52.0 Å². The average molecular weight is 555 g/mol.